The summed E-state index contributed by atoms with van der Waals surface area (Å²) >= 11 is 0. The predicted molar refractivity (Wildman–Crippen MR) is 69.0 cm³/mol. The quantitative estimate of drug-likeness (QED) is 0.719. The lowest BCUT2D eigenvalue weighted by molar-refractivity contribution is -0.158. The Kier molecular flexibility index (Phi) is 3.36. The highest BCUT2D eigenvalue weighted by molar-refractivity contribution is 5.93. The largest absolute Gasteiger partial charge is 0.342 e. The molecule has 2 unspecified atom stereocenters. The van der Waals surface area contributed by atoms with Crippen LogP contribution in [0.4, 0.5) is 0 Å². The summed E-state index contributed by atoms with van der Waals surface area (Å²) < 4.78 is 0. The average molecular weight is 253 g/mol. The zero-order chi connectivity index (χ0) is 13.5. The van der Waals surface area contributed by atoms with E-state index >= 15 is 0 Å². The van der Waals surface area contributed by atoms with E-state index in [0.29, 0.717) is 19.0 Å². The number of hydrogen-bond donors (Lipinski definition) is 1. The van der Waals surface area contributed by atoms with Crippen molar-refractivity contribution in [3.8, 4) is 0 Å². The molecular weight excluding hydrogens is 230 g/mol. The second-order valence-electron chi connectivity index (χ2n) is 5.97. The first-order valence-corrected chi connectivity index (χ1v) is 6.66. The lowest BCUT2D eigenvalue weighted by Crippen LogP contribution is -2.66. The van der Waals surface area contributed by atoms with Gasteiger partial charge in [-0.05, 0) is 32.7 Å². The van der Waals surface area contributed by atoms with Crippen LogP contribution in [0.1, 0.15) is 27.2 Å². The van der Waals surface area contributed by atoms with Crippen molar-refractivity contribution in [3.63, 3.8) is 0 Å². The highest BCUT2D eigenvalue weighted by Gasteiger charge is 2.45. The van der Waals surface area contributed by atoms with Crippen LogP contribution in [0.2, 0.25) is 0 Å². The van der Waals surface area contributed by atoms with E-state index in [9.17, 15) is 9.59 Å². The van der Waals surface area contributed by atoms with E-state index in [1.54, 1.807) is 16.8 Å². The number of nitrogens with one attached hydrogen (secondary N) is 1. The zero-order valence-corrected chi connectivity index (χ0v) is 11.7. The SMILES string of the molecule is CC1CCNC1C(=O)N1CCN(C)C(=O)C1(C)C. The van der Waals surface area contributed by atoms with Crippen molar-refractivity contribution >= 4 is 11.8 Å². The van der Waals surface area contributed by atoms with E-state index in [-0.39, 0.29) is 17.9 Å². The first-order chi connectivity index (χ1) is 8.35. The number of nitrogens with zero attached hydrogens (tertiary/aromatic N) is 2. The molecule has 0 bridgehead atoms. The number of hydrogen-bond acceptors (Lipinski definition) is 3. The van der Waals surface area contributed by atoms with Gasteiger partial charge in [-0.3, -0.25) is 9.59 Å². The van der Waals surface area contributed by atoms with E-state index in [0.717, 1.165) is 13.0 Å². The Bertz CT molecular complexity index is 367. The maximum atomic E-state index is 12.6. The fraction of sp³-hybridized carbons (Fsp3) is 0.846. The second kappa shape index (κ2) is 4.53. The van der Waals surface area contributed by atoms with Gasteiger partial charge in [0.1, 0.15) is 5.54 Å². The maximum Gasteiger partial charge on any atom is 0.247 e. The number of piperazine rings is 1. The van der Waals surface area contributed by atoms with E-state index in [1.807, 2.05) is 13.8 Å². The molecule has 0 aliphatic carbocycles. The molecule has 5 heteroatoms. The summed E-state index contributed by atoms with van der Waals surface area (Å²) in [5.74, 6) is 0.447. The Balaban J connectivity index is 2.17. The molecule has 102 valence electrons. The van der Waals surface area contributed by atoms with Crippen molar-refractivity contribution in [1.29, 1.82) is 0 Å². The normalized spacial score (nSPS) is 31.9. The average Bonchev–Trinajstić information content (AvgIpc) is 2.72. The summed E-state index contributed by atoms with van der Waals surface area (Å²) in [4.78, 5) is 28.2. The van der Waals surface area contributed by atoms with Gasteiger partial charge in [-0.2, -0.15) is 0 Å². The van der Waals surface area contributed by atoms with Gasteiger partial charge in [0, 0.05) is 20.1 Å². The van der Waals surface area contributed by atoms with E-state index in [1.165, 1.54) is 0 Å². The Hall–Kier alpha value is -1.10. The van der Waals surface area contributed by atoms with Gasteiger partial charge in [-0.15, -0.1) is 0 Å². The molecule has 0 aromatic carbocycles. The molecule has 2 rings (SSSR count). The summed E-state index contributed by atoms with van der Waals surface area (Å²) in [6.45, 7) is 7.90. The Morgan fingerprint density at radius 3 is 2.61 bits per heavy atom. The van der Waals surface area contributed by atoms with Crippen molar-refractivity contribution < 1.29 is 9.59 Å². The van der Waals surface area contributed by atoms with E-state index in [2.05, 4.69) is 12.2 Å². The number of rotatable bonds is 1. The molecule has 0 spiro atoms. The van der Waals surface area contributed by atoms with Crippen molar-refractivity contribution in [1.82, 2.24) is 15.1 Å². The van der Waals surface area contributed by atoms with Crippen LogP contribution in [0.15, 0.2) is 0 Å². The summed E-state index contributed by atoms with van der Waals surface area (Å²) in [6, 6.07) is -0.125. The lowest BCUT2D eigenvalue weighted by atomic mass is 9.94. The molecule has 0 saturated carbocycles. The third kappa shape index (κ3) is 2.00. The summed E-state index contributed by atoms with van der Waals surface area (Å²) in [5, 5.41) is 3.25. The van der Waals surface area contributed by atoms with Crippen LogP contribution in [0, 0.1) is 5.92 Å². The third-order valence-electron chi connectivity index (χ3n) is 4.27. The Labute approximate surface area is 108 Å². The summed E-state index contributed by atoms with van der Waals surface area (Å²) in [6.07, 6.45) is 1.03. The number of carbonyl (C=O) groups excluding carboxylic acids is 2. The van der Waals surface area contributed by atoms with Gasteiger partial charge in [0.05, 0.1) is 6.04 Å². The molecule has 0 aromatic heterocycles. The summed E-state index contributed by atoms with van der Waals surface area (Å²) in [5.41, 5.74) is -0.728. The smallest absolute Gasteiger partial charge is 0.247 e. The van der Waals surface area contributed by atoms with Crippen LogP contribution < -0.4 is 5.32 Å². The number of carbonyl (C=O) groups is 2. The highest BCUT2D eigenvalue weighted by atomic mass is 16.2. The zero-order valence-electron chi connectivity index (χ0n) is 11.7. The first-order valence-electron chi connectivity index (χ1n) is 6.66. The first kappa shape index (κ1) is 13.3. The molecule has 2 saturated heterocycles. The lowest BCUT2D eigenvalue weighted by Gasteiger charge is -2.45. The molecule has 1 N–H and O–H groups in total. The molecule has 2 heterocycles. The minimum atomic E-state index is -0.728. The standard InChI is InChI=1S/C13H23N3O2/c1-9-5-6-14-10(9)11(17)16-8-7-15(4)12(18)13(16,2)3/h9-10,14H,5-8H2,1-4H3. The maximum absolute atomic E-state index is 12.6. The van der Waals surface area contributed by atoms with Gasteiger partial charge in [-0.25, -0.2) is 0 Å². The number of likely N-dealkylation sites (N-methyl/N-ethyl adjacent to an activating group) is 1. The van der Waals surface area contributed by atoms with Crippen molar-refractivity contribution in [3.05, 3.63) is 0 Å². The number of amides is 2. The summed E-state index contributed by atoms with van der Waals surface area (Å²) in [7, 11) is 1.79. The van der Waals surface area contributed by atoms with Crippen LogP contribution in [-0.4, -0.2) is 59.9 Å². The predicted octanol–water partition coefficient (Wildman–Crippen LogP) is 0.0636. The molecule has 2 aliphatic heterocycles. The minimum absolute atomic E-state index is 0.0211. The Morgan fingerprint density at radius 1 is 1.39 bits per heavy atom. The topological polar surface area (TPSA) is 52.7 Å². The van der Waals surface area contributed by atoms with Crippen molar-refractivity contribution in [2.24, 2.45) is 5.92 Å². The van der Waals surface area contributed by atoms with Crippen LogP contribution in [-0.2, 0) is 9.59 Å². The van der Waals surface area contributed by atoms with Gasteiger partial charge >= 0.3 is 0 Å². The third-order valence-corrected chi connectivity index (χ3v) is 4.27. The van der Waals surface area contributed by atoms with Crippen LogP contribution >= 0.6 is 0 Å². The van der Waals surface area contributed by atoms with Gasteiger partial charge in [0.25, 0.3) is 0 Å². The van der Waals surface area contributed by atoms with Gasteiger partial charge in [0.2, 0.25) is 11.8 Å². The van der Waals surface area contributed by atoms with Crippen molar-refractivity contribution in [2.45, 2.75) is 38.8 Å². The molecule has 2 amide bonds. The fourth-order valence-corrected chi connectivity index (χ4v) is 2.93. The molecule has 18 heavy (non-hydrogen) atoms. The minimum Gasteiger partial charge on any atom is -0.342 e. The van der Waals surface area contributed by atoms with Gasteiger partial charge in [0.15, 0.2) is 0 Å². The molecular formula is C13H23N3O2. The monoisotopic (exact) mass is 253 g/mol. The van der Waals surface area contributed by atoms with Gasteiger partial charge < -0.3 is 15.1 Å². The molecule has 0 aromatic rings. The van der Waals surface area contributed by atoms with E-state index < -0.39 is 5.54 Å². The van der Waals surface area contributed by atoms with Crippen LogP contribution in [0.3, 0.4) is 0 Å². The van der Waals surface area contributed by atoms with Crippen LogP contribution in [0.5, 0.6) is 0 Å². The highest BCUT2D eigenvalue weighted by Crippen LogP contribution is 2.25. The van der Waals surface area contributed by atoms with Crippen LogP contribution in [0.25, 0.3) is 0 Å². The van der Waals surface area contributed by atoms with Gasteiger partial charge in [-0.1, -0.05) is 6.92 Å². The molecule has 2 aliphatic rings. The second-order valence-corrected chi connectivity index (χ2v) is 5.97. The molecule has 5 nitrogen and oxygen atoms in total. The van der Waals surface area contributed by atoms with E-state index in [4.69, 9.17) is 0 Å². The molecule has 2 atom stereocenters. The fourth-order valence-electron chi connectivity index (χ4n) is 2.93. The van der Waals surface area contributed by atoms with Crippen molar-refractivity contribution in [2.75, 3.05) is 26.7 Å². The molecule has 0 radical (unpaired) electrons. The Morgan fingerprint density at radius 2 is 2.06 bits per heavy atom. The molecule has 2 fully saturated rings.